The van der Waals surface area contributed by atoms with Crippen molar-refractivity contribution in [2.45, 2.75) is 45.1 Å². The van der Waals surface area contributed by atoms with Crippen molar-refractivity contribution in [3.05, 3.63) is 5.01 Å². The molecule has 2 fully saturated rings. The van der Waals surface area contributed by atoms with Gasteiger partial charge in [-0.3, -0.25) is 19.7 Å². The molecule has 3 heterocycles. The highest BCUT2D eigenvalue weighted by Gasteiger charge is 2.34. The molecule has 1 aromatic heterocycles. The van der Waals surface area contributed by atoms with Crippen LogP contribution in [0.3, 0.4) is 0 Å². The van der Waals surface area contributed by atoms with Crippen LogP contribution >= 0.6 is 11.3 Å². The van der Waals surface area contributed by atoms with E-state index < -0.39 is 11.8 Å². The number of carbonyl (C=O) groups is 3. The summed E-state index contributed by atoms with van der Waals surface area (Å²) in [5.41, 5.74) is 0. The highest BCUT2D eigenvalue weighted by atomic mass is 32.1. The Labute approximate surface area is 144 Å². The van der Waals surface area contributed by atoms with Crippen LogP contribution in [0.4, 0.5) is 5.13 Å². The van der Waals surface area contributed by atoms with Gasteiger partial charge < -0.3 is 9.80 Å². The minimum atomic E-state index is -0.692. The van der Waals surface area contributed by atoms with E-state index in [0.717, 1.165) is 37.2 Å². The maximum atomic E-state index is 12.4. The summed E-state index contributed by atoms with van der Waals surface area (Å²) >= 11 is 1.27. The molecule has 9 heteroatoms. The van der Waals surface area contributed by atoms with E-state index in [1.165, 1.54) is 16.2 Å². The van der Waals surface area contributed by atoms with Crippen LogP contribution in [0.5, 0.6) is 0 Å². The van der Waals surface area contributed by atoms with E-state index in [2.05, 4.69) is 15.5 Å². The number of nitrogens with one attached hydrogen (secondary N) is 1. The number of hydrogen-bond donors (Lipinski definition) is 1. The van der Waals surface area contributed by atoms with Gasteiger partial charge in [-0.2, -0.15) is 0 Å². The van der Waals surface area contributed by atoms with Crippen LogP contribution in [0.15, 0.2) is 0 Å². The van der Waals surface area contributed by atoms with Crippen molar-refractivity contribution in [2.24, 2.45) is 0 Å². The van der Waals surface area contributed by atoms with Gasteiger partial charge in [0.1, 0.15) is 5.01 Å². The molecule has 2 saturated heterocycles. The van der Waals surface area contributed by atoms with E-state index in [-0.39, 0.29) is 11.9 Å². The summed E-state index contributed by atoms with van der Waals surface area (Å²) in [6, 6.07) is 0.0266. The summed E-state index contributed by atoms with van der Waals surface area (Å²) in [6.45, 7) is 3.67. The molecule has 1 aromatic rings. The monoisotopic (exact) mass is 351 g/mol. The summed E-state index contributed by atoms with van der Waals surface area (Å²) in [7, 11) is 0. The van der Waals surface area contributed by atoms with Crippen LogP contribution in [0, 0.1) is 0 Å². The highest BCUT2D eigenvalue weighted by Crippen LogP contribution is 2.22. The number of aromatic nitrogens is 2. The number of amides is 3. The van der Waals surface area contributed by atoms with Crippen LogP contribution < -0.4 is 5.32 Å². The predicted molar refractivity (Wildman–Crippen MR) is 88.5 cm³/mol. The fourth-order valence-corrected chi connectivity index (χ4v) is 3.86. The highest BCUT2D eigenvalue weighted by molar-refractivity contribution is 7.15. The Bertz CT molecular complexity index is 647. The third-order valence-corrected chi connectivity index (χ3v) is 5.40. The number of carbonyl (C=O) groups excluding carboxylic acids is 3. The molecule has 0 aliphatic carbocycles. The van der Waals surface area contributed by atoms with E-state index in [9.17, 15) is 14.4 Å². The Morgan fingerprint density at radius 1 is 1.29 bits per heavy atom. The maximum Gasteiger partial charge on any atom is 0.315 e. The number of likely N-dealkylation sites (tertiary alicyclic amines) is 2. The molecule has 0 aromatic carbocycles. The number of rotatable bonds is 3. The Morgan fingerprint density at radius 2 is 2.12 bits per heavy atom. The molecular weight excluding hydrogens is 330 g/mol. The zero-order valence-corrected chi connectivity index (χ0v) is 14.5. The van der Waals surface area contributed by atoms with Gasteiger partial charge in [0.15, 0.2) is 0 Å². The third kappa shape index (κ3) is 3.55. The molecule has 0 saturated carbocycles. The summed E-state index contributed by atoms with van der Waals surface area (Å²) in [4.78, 5) is 39.8. The van der Waals surface area contributed by atoms with Gasteiger partial charge >= 0.3 is 11.8 Å². The quantitative estimate of drug-likeness (QED) is 0.807. The van der Waals surface area contributed by atoms with E-state index >= 15 is 0 Å². The number of piperidine rings is 1. The van der Waals surface area contributed by atoms with Crippen molar-refractivity contribution in [2.75, 3.05) is 25.0 Å². The van der Waals surface area contributed by atoms with E-state index in [1.807, 2.05) is 11.8 Å². The van der Waals surface area contributed by atoms with Gasteiger partial charge in [-0.05, 0) is 25.7 Å². The number of aryl methyl sites for hydroxylation is 1. The summed E-state index contributed by atoms with van der Waals surface area (Å²) in [6.07, 6.45) is 3.88. The molecular formula is C15H21N5O3S. The van der Waals surface area contributed by atoms with Crippen LogP contribution in [0.1, 0.15) is 37.6 Å². The van der Waals surface area contributed by atoms with Crippen LogP contribution in [-0.4, -0.2) is 63.4 Å². The zero-order valence-electron chi connectivity index (χ0n) is 13.7. The SMILES string of the molecule is CCc1nnc(NC(=O)C(=O)N2CCC[C@H](N3CCCC3=O)C2)s1. The molecule has 3 rings (SSSR count). The smallest absolute Gasteiger partial charge is 0.315 e. The Balaban J connectivity index is 1.59. The van der Waals surface area contributed by atoms with Gasteiger partial charge in [-0.25, -0.2) is 0 Å². The molecule has 3 amide bonds. The predicted octanol–water partition coefficient (Wildman–Crippen LogP) is 0.652. The molecule has 0 bridgehead atoms. The molecule has 130 valence electrons. The standard InChI is InChI=1S/C15H21N5O3S/c1-2-11-17-18-15(24-11)16-13(22)14(23)19-7-3-5-10(9-19)20-8-4-6-12(20)21/h10H,2-9H2,1H3,(H,16,18,22)/t10-/m0/s1. The van der Waals surface area contributed by atoms with E-state index in [1.54, 1.807) is 0 Å². The van der Waals surface area contributed by atoms with Crippen molar-refractivity contribution in [1.29, 1.82) is 0 Å². The first-order chi connectivity index (χ1) is 11.6. The molecule has 24 heavy (non-hydrogen) atoms. The van der Waals surface area contributed by atoms with Gasteiger partial charge in [0.05, 0.1) is 0 Å². The van der Waals surface area contributed by atoms with Crippen molar-refractivity contribution in [3.8, 4) is 0 Å². The number of hydrogen-bond acceptors (Lipinski definition) is 6. The summed E-state index contributed by atoms with van der Waals surface area (Å²) < 4.78 is 0. The lowest BCUT2D eigenvalue weighted by molar-refractivity contribution is -0.145. The Morgan fingerprint density at radius 3 is 2.79 bits per heavy atom. The molecule has 2 aliphatic heterocycles. The second-order valence-corrected chi connectivity index (χ2v) is 7.11. The Hall–Kier alpha value is -2.03. The first kappa shape index (κ1) is 16.8. The molecule has 1 N–H and O–H groups in total. The number of nitrogens with zero attached hydrogens (tertiary/aromatic N) is 4. The summed E-state index contributed by atoms with van der Waals surface area (Å²) in [5.74, 6) is -1.11. The lowest BCUT2D eigenvalue weighted by Gasteiger charge is -2.37. The third-order valence-electron chi connectivity index (χ3n) is 4.42. The molecule has 0 spiro atoms. The van der Waals surface area contributed by atoms with Crippen LogP contribution in [-0.2, 0) is 20.8 Å². The minimum absolute atomic E-state index is 0.0266. The zero-order chi connectivity index (χ0) is 17.1. The Kier molecular flexibility index (Phi) is 5.08. The molecule has 2 aliphatic rings. The summed E-state index contributed by atoms with van der Waals surface area (Å²) in [5, 5.41) is 11.4. The van der Waals surface area contributed by atoms with Gasteiger partial charge in [0.25, 0.3) is 0 Å². The van der Waals surface area contributed by atoms with Gasteiger partial charge in [0.2, 0.25) is 11.0 Å². The first-order valence-corrected chi connectivity index (χ1v) is 9.12. The normalized spacial score (nSPS) is 21.2. The minimum Gasteiger partial charge on any atom is -0.338 e. The van der Waals surface area contributed by atoms with Crippen molar-refractivity contribution >= 4 is 34.2 Å². The topological polar surface area (TPSA) is 95.5 Å². The molecule has 0 radical (unpaired) electrons. The van der Waals surface area contributed by atoms with Gasteiger partial charge in [-0.15, -0.1) is 10.2 Å². The largest absolute Gasteiger partial charge is 0.338 e. The van der Waals surface area contributed by atoms with Gasteiger partial charge in [0, 0.05) is 32.1 Å². The molecule has 0 unspecified atom stereocenters. The fraction of sp³-hybridized carbons (Fsp3) is 0.667. The fourth-order valence-electron chi connectivity index (χ4n) is 3.19. The van der Waals surface area contributed by atoms with Crippen molar-refractivity contribution < 1.29 is 14.4 Å². The first-order valence-electron chi connectivity index (χ1n) is 8.30. The van der Waals surface area contributed by atoms with Gasteiger partial charge in [-0.1, -0.05) is 18.3 Å². The lowest BCUT2D eigenvalue weighted by Crippen LogP contribution is -2.52. The second-order valence-electron chi connectivity index (χ2n) is 6.05. The average molecular weight is 351 g/mol. The van der Waals surface area contributed by atoms with Crippen LogP contribution in [0.25, 0.3) is 0 Å². The lowest BCUT2D eigenvalue weighted by atomic mass is 10.0. The molecule has 1 atom stereocenters. The maximum absolute atomic E-state index is 12.4. The number of anilines is 1. The average Bonchev–Trinajstić information content (AvgIpc) is 3.23. The molecule has 8 nitrogen and oxygen atoms in total. The van der Waals surface area contributed by atoms with E-state index in [0.29, 0.717) is 24.6 Å². The second kappa shape index (κ2) is 7.25. The van der Waals surface area contributed by atoms with Crippen LogP contribution in [0.2, 0.25) is 0 Å². The van der Waals surface area contributed by atoms with Crippen molar-refractivity contribution in [3.63, 3.8) is 0 Å². The van der Waals surface area contributed by atoms with E-state index in [4.69, 9.17) is 0 Å². The van der Waals surface area contributed by atoms with Crippen molar-refractivity contribution in [1.82, 2.24) is 20.0 Å².